The molecule has 17 heavy (non-hydrogen) atoms. The van der Waals surface area contributed by atoms with Gasteiger partial charge in [-0.1, -0.05) is 12.0 Å². The van der Waals surface area contributed by atoms with Crippen LogP contribution in [-0.2, 0) is 10.8 Å². The third-order valence-electron chi connectivity index (χ3n) is 2.76. The molecule has 7 heteroatoms. The standard InChI is InChI=1S/C10H18N4O2S/c1-3-11-8(2)9-12-13-10(16-9)14-4-6-17(15)7-5-14/h8,11H,3-7H2,1-2H3. The second kappa shape index (κ2) is 5.59. The minimum absolute atomic E-state index is 0.0696. The molecular formula is C10H18N4O2S. The molecule has 1 aliphatic heterocycles. The Morgan fingerprint density at radius 2 is 2.18 bits per heavy atom. The minimum atomic E-state index is -0.684. The maximum atomic E-state index is 11.2. The van der Waals surface area contributed by atoms with Gasteiger partial charge < -0.3 is 14.6 Å². The number of rotatable bonds is 4. The Bertz CT molecular complexity index is 385. The van der Waals surface area contributed by atoms with Crippen molar-refractivity contribution in [3.8, 4) is 0 Å². The Hall–Kier alpha value is -0.950. The molecule has 2 rings (SSSR count). The molecule has 6 nitrogen and oxygen atoms in total. The van der Waals surface area contributed by atoms with E-state index in [4.69, 9.17) is 4.42 Å². The molecule has 1 N–H and O–H groups in total. The van der Waals surface area contributed by atoms with E-state index < -0.39 is 10.8 Å². The lowest BCUT2D eigenvalue weighted by molar-refractivity contribution is 0.420. The van der Waals surface area contributed by atoms with Crippen LogP contribution in [0.5, 0.6) is 0 Å². The van der Waals surface area contributed by atoms with Crippen LogP contribution in [0.15, 0.2) is 4.42 Å². The highest BCUT2D eigenvalue weighted by molar-refractivity contribution is 7.85. The maximum absolute atomic E-state index is 11.2. The van der Waals surface area contributed by atoms with E-state index in [1.165, 1.54) is 0 Å². The zero-order chi connectivity index (χ0) is 12.3. The van der Waals surface area contributed by atoms with Crippen LogP contribution in [-0.4, -0.2) is 45.5 Å². The van der Waals surface area contributed by atoms with Gasteiger partial charge in [-0.25, -0.2) is 0 Å². The van der Waals surface area contributed by atoms with Crippen LogP contribution in [0, 0.1) is 0 Å². The normalized spacial score (nSPS) is 19.5. The number of aromatic nitrogens is 2. The van der Waals surface area contributed by atoms with E-state index in [-0.39, 0.29) is 6.04 Å². The first kappa shape index (κ1) is 12.5. The van der Waals surface area contributed by atoms with Gasteiger partial charge >= 0.3 is 6.01 Å². The van der Waals surface area contributed by atoms with Crippen molar-refractivity contribution in [1.29, 1.82) is 0 Å². The largest absolute Gasteiger partial charge is 0.406 e. The van der Waals surface area contributed by atoms with Gasteiger partial charge in [-0.05, 0) is 13.5 Å². The zero-order valence-corrected chi connectivity index (χ0v) is 11.0. The molecule has 2 heterocycles. The van der Waals surface area contributed by atoms with Crippen LogP contribution >= 0.6 is 0 Å². The molecule has 0 amide bonds. The molecule has 1 fully saturated rings. The van der Waals surface area contributed by atoms with Crippen LogP contribution < -0.4 is 10.2 Å². The van der Waals surface area contributed by atoms with E-state index in [1.54, 1.807) is 0 Å². The summed E-state index contributed by atoms with van der Waals surface area (Å²) in [4.78, 5) is 2.00. The summed E-state index contributed by atoms with van der Waals surface area (Å²) in [5.41, 5.74) is 0. The second-order valence-electron chi connectivity index (χ2n) is 4.04. The van der Waals surface area contributed by atoms with Crippen molar-refractivity contribution >= 4 is 16.8 Å². The third-order valence-corrected chi connectivity index (χ3v) is 4.03. The average molecular weight is 258 g/mol. The summed E-state index contributed by atoms with van der Waals surface area (Å²) in [6, 6.07) is 0.613. The fourth-order valence-electron chi connectivity index (χ4n) is 1.75. The van der Waals surface area contributed by atoms with Gasteiger partial charge in [0, 0.05) is 35.4 Å². The average Bonchev–Trinajstić information content (AvgIpc) is 2.80. The lowest BCUT2D eigenvalue weighted by atomic mass is 10.3. The summed E-state index contributed by atoms with van der Waals surface area (Å²) < 4.78 is 16.9. The van der Waals surface area contributed by atoms with Gasteiger partial charge in [0.25, 0.3) is 0 Å². The number of hydrogen-bond donors (Lipinski definition) is 1. The smallest absolute Gasteiger partial charge is 0.318 e. The Balaban J connectivity index is 2.00. The van der Waals surface area contributed by atoms with Crippen LogP contribution in [0.2, 0.25) is 0 Å². The number of hydrogen-bond acceptors (Lipinski definition) is 6. The fraction of sp³-hybridized carbons (Fsp3) is 0.800. The van der Waals surface area contributed by atoms with Crippen LogP contribution in [0.1, 0.15) is 25.8 Å². The predicted molar refractivity (Wildman–Crippen MR) is 66.5 cm³/mol. The van der Waals surface area contributed by atoms with E-state index >= 15 is 0 Å². The van der Waals surface area contributed by atoms with Crippen molar-refractivity contribution in [2.75, 3.05) is 36.0 Å². The molecule has 96 valence electrons. The van der Waals surface area contributed by atoms with Gasteiger partial charge in [0.15, 0.2) is 0 Å². The van der Waals surface area contributed by atoms with Crippen LogP contribution in [0.25, 0.3) is 0 Å². The van der Waals surface area contributed by atoms with E-state index in [1.807, 2.05) is 18.7 Å². The lowest BCUT2D eigenvalue weighted by Crippen LogP contribution is -2.37. The summed E-state index contributed by atoms with van der Waals surface area (Å²) in [7, 11) is -0.684. The first-order chi connectivity index (χ1) is 8.20. The van der Waals surface area contributed by atoms with Gasteiger partial charge in [-0.2, -0.15) is 0 Å². The van der Waals surface area contributed by atoms with Crippen molar-refractivity contribution < 1.29 is 8.63 Å². The van der Waals surface area contributed by atoms with Gasteiger partial charge in [-0.3, -0.25) is 4.21 Å². The molecule has 0 saturated carbocycles. The Morgan fingerprint density at radius 1 is 1.47 bits per heavy atom. The first-order valence-corrected chi connectivity index (χ1v) is 7.36. The Labute approximate surface area is 103 Å². The molecule has 0 aliphatic carbocycles. The number of anilines is 1. The van der Waals surface area contributed by atoms with Crippen molar-refractivity contribution in [3.63, 3.8) is 0 Å². The quantitative estimate of drug-likeness (QED) is 0.838. The minimum Gasteiger partial charge on any atom is -0.406 e. The predicted octanol–water partition coefficient (Wildman–Crippen LogP) is 0.309. The van der Waals surface area contributed by atoms with Crippen molar-refractivity contribution in [3.05, 3.63) is 5.89 Å². The van der Waals surface area contributed by atoms with E-state index in [0.717, 1.165) is 19.6 Å². The summed E-state index contributed by atoms with van der Waals surface area (Å²) in [5.74, 6) is 1.97. The molecule has 1 aromatic rings. The summed E-state index contributed by atoms with van der Waals surface area (Å²) in [6.45, 7) is 6.34. The molecule has 1 aliphatic rings. The molecule has 0 spiro atoms. The van der Waals surface area contributed by atoms with Crippen molar-refractivity contribution in [2.45, 2.75) is 19.9 Å². The summed E-state index contributed by atoms with van der Waals surface area (Å²) in [5, 5.41) is 11.3. The molecule has 0 aromatic carbocycles. The fourth-order valence-corrected chi connectivity index (χ4v) is 2.80. The highest BCUT2D eigenvalue weighted by atomic mass is 32.2. The molecule has 1 unspecified atom stereocenters. The van der Waals surface area contributed by atoms with E-state index in [2.05, 4.69) is 15.5 Å². The summed E-state index contributed by atoms with van der Waals surface area (Å²) in [6.07, 6.45) is 0. The maximum Gasteiger partial charge on any atom is 0.318 e. The van der Waals surface area contributed by atoms with Gasteiger partial charge in [0.2, 0.25) is 5.89 Å². The summed E-state index contributed by atoms with van der Waals surface area (Å²) >= 11 is 0. The van der Waals surface area contributed by atoms with Crippen molar-refractivity contribution in [2.24, 2.45) is 0 Å². The van der Waals surface area contributed by atoms with Gasteiger partial charge in [-0.15, -0.1) is 5.10 Å². The second-order valence-corrected chi connectivity index (χ2v) is 5.73. The third kappa shape index (κ3) is 3.04. The molecule has 0 bridgehead atoms. The SMILES string of the molecule is CCNC(C)c1nnc(N2CCS(=O)CC2)o1. The Morgan fingerprint density at radius 3 is 2.82 bits per heavy atom. The molecule has 0 radical (unpaired) electrons. The Kier molecular flexibility index (Phi) is 4.11. The lowest BCUT2D eigenvalue weighted by Gasteiger charge is -2.23. The first-order valence-electron chi connectivity index (χ1n) is 5.87. The van der Waals surface area contributed by atoms with Crippen LogP contribution in [0.3, 0.4) is 0 Å². The molecular weight excluding hydrogens is 240 g/mol. The van der Waals surface area contributed by atoms with E-state index in [0.29, 0.717) is 23.4 Å². The monoisotopic (exact) mass is 258 g/mol. The van der Waals surface area contributed by atoms with Gasteiger partial charge in [0.1, 0.15) is 0 Å². The topological polar surface area (TPSA) is 71.3 Å². The van der Waals surface area contributed by atoms with Gasteiger partial charge in [0.05, 0.1) is 6.04 Å². The number of nitrogens with one attached hydrogen (secondary N) is 1. The zero-order valence-electron chi connectivity index (χ0n) is 10.2. The number of nitrogens with zero attached hydrogens (tertiary/aromatic N) is 3. The highest BCUT2D eigenvalue weighted by Gasteiger charge is 2.21. The van der Waals surface area contributed by atoms with Crippen LogP contribution in [0.4, 0.5) is 6.01 Å². The molecule has 1 saturated heterocycles. The molecule has 1 aromatic heterocycles. The highest BCUT2D eigenvalue weighted by Crippen LogP contribution is 2.18. The van der Waals surface area contributed by atoms with Crippen molar-refractivity contribution in [1.82, 2.24) is 15.5 Å². The molecule has 1 atom stereocenters. The van der Waals surface area contributed by atoms with E-state index in [9.17, 15) is 4.21 Å².